The molecule has 4 heterocycles. The summed E-state index contributed by atoms with van der Waals surface area (Å²) in [5, 5.41) is 27.8. The molecular weight excluding hydrogens is 256 g/mol. The zero-order valence-corrected chi connectivity index (χ0v) is 11.7. The fourth-order valence-electron chi connectivity index (χ4n) is 3.83. The van der Waals surface area contributed by atoms with Crippen molar-refractivity contribution in [3.05, 3.63) is 0 Å². The van der Waals surface area contributed by atoms with Crippen molar-refractivity contribution in [2.24, 2.45) is 21.7 Å². The van der Waals surface area contributed by atoms with Crippen molar-refractivity contribution in [2.75, 3.05) is 0 Å². The Bertz CT molecular complexity index is 616. The summed E-state index contributed by atoms with van der Waals surface area (Å²) in [4.78, 5) is 4.10. The second-order valence-corrected chi connectivity index (χ2v) is 5.84. The number of hydrogen-bond acceptors (Lipinski definition) is 5. The molecule has 0 aromatic heterocycles. The molecule has 3 saturated heterocycles. The first-order valence-corrected chi connectivity index (χ1v) is 6.80. The average Bonchev–Trinajstić information content (AvgIpc) is 2.62. The zero-order chi connectivity index (χ0) is 14.8. The lowest BCUT2D eigenvalue weighted by Crippen LogP contribution is -2.73. The summed E-state index contributed by atoms with van der Waals surface area (Å²) in [6.07, 6.45) is 0.990. The molecule has 0 spiro atoms. The summed E-state index contributed by atoms with van der Waals surface area (Å²) in [6, 6.07) is 4.45. The number of aliphatic imine (C=N–C) groups is 1. The molecule has 0 saturated carbocycles. The first-order valence-electron chi connectivity index (χ1n) is 6.80. The van der Waals surface area contributed by atoms with Gasteiger partial charge in [-0.05, 0) is 6.42 Å². The van der Waals surface area contributed by atoms with E-state index in [1.165, 1.54) is 0 Å². The van der Waals surface area contributed by atoms with E-state index in [4.69, 9.17) is 14.9 Å². The summed E-state index contributed by atoms with van der Waals surface area (Å²) in [5.74, 6) is -1.32. The van der Waals surface area contributed by atoms with Gasteiger partial charge in [0.15, 0.2) is 10.8 Å². The fraction of sp³-hybridized carbons (Fsp3) is 0.714. The maximum absolute atomic E-state index is 9.82. The molecule has 0 amide bonds. The number of rotatable bonds is 2. The van der Waals surface area contributed by atoms with Crippen LogP contribution >= 0.6 is 0 Å². The van der Waals surface area contributed by atoms with E-state index in [0.29, 0.717) is 6.42 Å². The van der Waals surface area contributed by atoms with Gasteiger partial charge in [-0.2, -0.15) is 15.5 Å². The number of nitriles is 2. The van der Waals surface area contributed by atoms with Gasteiger partial charge >= 0.3 is 0 Å². The largest absolute Gasteiger partial charge is 0.447 e. The Morgan fingerprint density at radius 1 is 1.35 bits per heavy atom. The highest BCUT2D eigenvalue weighted by Gasteiger charge is 2.81. The Kier molecular flexibility index (Phi) is 2.35. The number of fused-ring (bicyclic) bond motifs is 1. The van der Waals surface area contributed by atoms with Gasteiger partial charge in [0.05, 0.1) is 18.2 Å². The van der Waals surface area contributed by atoms with E-state index < -0.39 is 28.6 Å². The van der Waals surface area contributed by atoms with Gasteiger partial charge in [0.1, 0.15) is 5.84 Å². The first-order chi connectivity index (χ1) is 9.42. The maximum Gasteiger partial charge on any atom is 0.218 e. The molecule has 5 atom stereocenters. The van der Waals surface area contributed by atoms with Crippen LogP contribution in [0, 0.1) is 44.8 Å². The van der Waals surface area contributed by atoms with Gasteiger partial charge in [-0.1, -0.05) is 20.3 Å². The number of nitrogens with one attached hydrogen (secondary N) is 1. The summed E-state index contributed by atoms with van der Waals surface area (Å²) in [5.41, 5.74) is -2.56. The van der Waals surface area contributed by atoms with Gasteiger partial charge in [-0.15, -0.1) is 0 Å². The second-order valence-electron chi connectivity index (χ2n) is 5.84. The smallest absolute Gasteiger partial charge is 0.218 e. The van der Waals surface area contributed by atoms with Crippen LogP contribution in [-0.4, -0.2) is 23.6 Å². The Balaban J connectivity index is 2.31. The lowest BCUT2D eigenvalue weighted by atomic mass is 9.51. The summed E-state index contributed by atoms with van der Waals surface area (Å²) in [7, 11) is 0. The third kappa shape index (κ3) is 1.01. The Morgan fingerprint density at radius 2 is 2.00 bits per heavy atom. The predicted molar refractivity (Wildman–Crippen MR) is 69.7 cm³/mol. The van der Waals surface area contributed by atoms with Gasteiger partial charge in [0.25, 0.3) is 0 Å². The molecule has 0 radical (unpaired) electrons. The molecule has 1 N–H and O–H groups in total. The molecule has 20 heavy (non-hydrogen) atoms. The molecule has 104 valence electrons. The van der Waals surface area contributed by atoms with E-state index in [-0.39, 0.29) is 11.7 Å². The Hall–Kier alpha value is -1.92. The molecule has 0 aliphatic carbocycles. The van der Waals surface area contributed by atoms with E-state index in [1.807, 2.05) is 6.92 Å². The predicted octanol–water partition coefficient (Wildman–Crippen LogP) is 1.98. The van der Waals surface area contributed by atoms with E-state index >= 15 is 0 Å². The van der Waals surface area contributed by atoms with Gasteiger partial charge in [-0.25, -0.2) is 0 Å². The SMILES string of the molecule is CCC[C@@H]1O[C@@]2(C)OC3=NC(=N)[C@@](C#N)([C@H]2C)[C@]31C#N. The molecule has 6 nitrogen and oxygen atoms in total. The summed E-state index contributed by atoms with van der Waals surface area (Å²) in [6.45, 7) is 5.56. The molecule has 4 bridgehead atoms. The second kappa shape index (κ2) is 3.59. The van der Waals surface area contributed by atoms with E-state index in [1.54, 1.807) is 13.8 Å². The minimum Gasteiger partial charge on any atom is -0.447 e. The van der Waals surface area contributed by atoms with Crippen molar-refractivity contribution in [3.8, 4) is 12.1 Å². The molecule has 0 unspecified atom stereocenters. The quantitative estimate of drug-likeness (QED) is 0.830. The van der Waals surface area contributed by atoms with E-state index in [2.05, 4.69) is 17.1 Å². The Morgan fingerprint density at radius 3 is 2.55 bits per heavy atom. The van der Waals surface area contributed by atoms with Crippen molar-refractivity contribution >= 4 is 11.7 Å². The fourth-order valence-corrected chi connectivity index (χ4v) is 3.83. The molecule has 3 fully saturated rings. The van der Waals surface area contributed by atoms with Crippen molar-refractivity contribution in [1.29, 1.82) is 15.9 Å². The van der Waals surface area contributed by atoms with Crippen LogP contribution in [0.5, 0.6) is 0 Å². The lowest BCUT2D eigenvalue weighted by molar-refractivity contribution is -0.330. The van der Waals surface area contributed by atoms with E-state index in [0.717, 1.165) is 6.42 Å². The van der Waals surface area contributed by atoms with Gasteiger partial charge in [0, 0.05) is 12.8 Å². The number of ether oxygens (including phenoxy) is 2. The first kappa shape index (κ1) is 13.1. The zero-order valence-electron chi connectivity index (χ0n) is 11.7. The van der Waals surface area contributed by atoms with Crippen molar-refractivity contribution in [2.45, 2.75) is 45.5 Å². The highest BCUT2D eigenvalue weighted by atomic mass is 16.7. The third-order valence-electron chi connectivity index (χ3n) is 5.04. The van der Waals surface area contributed by atoms with Crippen LogP contribution in [0.4, 0.5) is 0 Å². The monoisotopic (exact) mass is 272 g/mol. The normalized spacial score (nSPS) is 48.2. The molecule has 0 aromatic rings. The van der Waals surface area contributed by atoms with Crippen LogP contribution in [0.1, 0.15) is 33.6 Å². The molecule has 4 rings (SSSR count). The Labute approximate surface area is 117 Å². The van der Waals surface area contributed by atoms with E-state index in [9.17, 15) is 10.5 Å². The standard InChI is InChI=1S/C14H16N4O2/c1-4-5-9-14(7-16)11-18-10(17)13(14,6-15)8(2)12(3,19-9)20-11/h8-9,17H,4-5H2,1-3H3/t8-,9-,12-,13+,14-/m0/s1. The average molecular weight is 272 g/mol. The van der Waals surface area contributed by atoms with Gasteiger partial charge in [0.2, 0.25) is 11.7 Å². The van der Waals surface area contributed by atoms with Crippen LogP contribution in [-0.2, 0) is 9.47 Å². The molecule has 6 heteroatoms. The molecule has 4 aliphatic heterocycles. The third-order valence-corrected chi connectivity index (χ3v) is 5.04. The van der Waals surface area contributed by atoms with Crippen LogP contribution < -0.4 is 0 Å². The minimum absolute atomic E-state index is 0.0721. The van der Waals surface area contributed by atoms with Crippen molar-refractivity contribution in [3.63, 3.8) is 0 Å². The highest BCUT2D eigenvalue weighted by molar-refractivity contribution is 6.12. The van der Waals surface area contributed by atoms with Crippen LogP contribution in [0.15, 0.2) is 4.99 Å². The van der Waals surface area contributed by atoms with Gasteiger partial charge in [-0.3, -0.25) is 5.41 Å². The minimum atomic E-state index is -1.29. The maximum atomic E-state index is 9.82. The lowest BCUT2D eigenvalue weighted by Gasteiger charge is -2.60. The van der Waals surface area contributed by atoms with Crippen LogP contribution in [0.25, 0.3) is 0 Å². The van der Waals surface area contributed by atoms with Crippen LogP contribution in [0.3, 0.4) is 0 Å². The molecular formula is C14H16N4O2. The number of nitrogens with zero attached hydrogens (tertiary/aromatic N) is 3. The molecule has 0 aromatic carbocycles. The van der Waals surface area contributed by atoms with Crippen molar-refractivity contribution in [1.82, 2.24) is 0 Å². The van der Waals surface area contributed by atoms with Crippen LogP contribution in [0.2, 0.25) is 0 Å². The molecule has 4 aliphatic rings. The number of amidine groups is 1. The topological polar surface area (TPSA) is 102 Å². The summed E-state index contributed by atoms with van der Waals surface area (Å²) >= 11 is 0. The highest BCUT2D eigenvalue weighted by Crippen LogP contribution is 2.66. The van der Waals surface area contributed by atoms with Gasteiger partial charge < -0.3 is 9.47 Å². The van der Waals surface area contributed by atoms with Crippen molar-refractivity contribution < 1.29 is 9.47 Å². The summed E-state index contributed by atoms with van der Waals surface area (Å²) < 4.78 is 11.8. The number of hydrogen-bond donors (Lipinski definition) is 1.